The summed E-state index contributed by atoms with van der Waals surface area (Å²) in [5.74, 6) is 0.206. The molecule has 1 aliphatic rings. The van der Waals surface area contributed by atoms with Crippen LogP contribution in [-0.4, -0.2) is 46.2 Å². The van der Waals surface area contributed by atoms with Gasteiger partial charge in [0.15, 0.2) is 0 Å². The Morgan fingerprint density at radius 2 is 2.55 bits per heavy atom. The summed E-state index contributed by atoms with van der Waals surface area (Å²) in [4.78, 5) is 18.4. The summed E-state index contributed by atoms with van der Waals surface area (Å²) in [6.45, 7) is 1.90. The van der Waals surface area contributed by atoms with E-state index in [9.17, 15) is 4.79 Å². The summed E-state index contributed by atoms with van der Waals surface area (Å²) in [7, 11) is 1.78. The third-order valence-corrected chi connectivity index (χ3v) is 4.10. The lowest BCUT2D eigenvalue weighted by Crippen LogP contribution is -2.27. The molecule has 0 aliphatic carbocycles. The van der Waals surface area contributed by atoms with Gasteiger partial charge in [0.1, 0.15) is 0 Å². The lowest BCUT2D eigenvalue weighted by Gasteiger charge is -2.17. The molecule has 0 aromatic carbocycles. The molecule has 1 fully saturated rings. The number of thiazole rings is 1. The van der Waals surface area contributed by atoms with Gasteiger partial charge in [0.2, 0.25) is 0 Å². The maximum Gasteiger partial charge on any atom is 0.257 e. The van der Waals surface area contributed by atoms with E-state index in [4.69, 9.17) is 4.74 Å². The number of hydrogen-bond acceptors (Lipinski definition) is 5. The minimum absolute atomic E-state index is 0.0337. The van der Waals surface area contributed by atoms with E-state index in [2.05, 4.69) is 15.2 Å². The highest BCUT2D eigenvalue weighted by atomic mass is 32.1. The van der Waals surface area contributed by atoms with Crippen LogP contribution in [0.2, 0.25) is 0 Å². The molecule has 1 amide bonds. The van der Waals surface area contributed by atoms with Crippen molar-refractivity contribution in [2.24, 2.45) is 0 Å². The first-order chi connectivity index (χ1) is 9.75. The zero-order chi connectivity index (χ0) is 13.9. The Hall–Kier alpha value is -1.73. The van der Waals surface area contributed by atoms with Gasteiger partial charge in [-0.3, -0.25) is 9.89 Å². The number of rotatable bonds is 4. The lowest BCUT2D eigenvalue weighted by atomic mass is 10.0. The summed E-state index contributed by atoms with van der Waals surface area (Å²) in [5, 5.41) is 8.93. The second-order valence-electron chi connectivity index (χ2n) is 4.90. The van der Waals surface area contributed by atoms with Crippen molar-refractivity contribution in [3.05, 3.63) is 34.0 Å². The van der Waals surface area contributed by atoms with Crippen molar-refractivity contribution in [1.29, 1.82) is 0 Å². The van der Waals surface area contributed by atoms with Gasteiger partial charge in [-0.05, 0) is 6.42 Å². The minimum atomic E-state index is -0.0337. The largest absolute Gasteiger partial charge is 0.381 e. The van der Waals surface area contributed by atoms with Gasteiger partial charge in [-0.15, -0.1) is 11.3 Å². The van der Waals surface area contributed by atoms with Gasteiger partial charge in [0.05, 0.1) is 41.8 Å². The normalized spacial score (nSPS) is 18.4. The molecule has 0 radical (unpaired) electrons. The molecule has 0 saturated carbocycles. The molecule has 1 saturated heterocycles. The van der Waals surface area contributed by atoms with E-state index in [0.717, 1.165) is 24.4 Å². The molecule has 1 atom stereocenters. The number of nitrogens with zero attached hydrogens (tertiary/aromatic N) is 3. The van der Waals surface area contributed by atoms with Crippen molar-refractivity contribution >= 4 is 17.2 Å². The molecule has 2 aromatic heterocycles. The minimum Gasteiger partial charge on any atom is -0.381 e. The maximum atomic E-state index is 12.5. The first-order valence-corrected chi connectivity index (χ1v) is 7.43. The maximum absolute atomic E-state index is 12.5. The van der Waals surface area contributed by atoms with Crippen LogP contribution in [0.3, 0.4) is 0 Å². The lowest BCUT2D eigenvalue weighted by molar-refractivity contribution is 0.0782. The average molecular weight is 292 g/mol. The first kappa shape index (κ1) is 13.3. The van der Waals surface area contributed by atoms with Gasteiger partial charge in [0.25, 0.3) is 5.91 Å². The van der Waals surface area contributed by atoms with Crippen LogP contribution >= 0.6 is 11.3 Å². The Morgan fingerprint density at radius 1 is 1.65 bits per heavy atom. The van der Waals surface area contributed by atoms with E-state index in [1.54, 1.807) is 23.7 Å². The molecule has 6 nitrogen and oxygen atoms in total. The molecule has 0 spiro atoms. The van der Waals surface area contributed by atoms with Gasteiger partial charge in [-0.1, -0.05) is 0 Å². The molecule has 3 heterocycles. The van der Waals surface area contributed by atoms with Crippen LogP contribution in [0.1, 0.15) is 34.1 Å². The molecule has 0 unspecified atom stereocenters. The fraction of sp³-hybridized carbons (Fsp3) is 0.462. The summed E-state index contributed by atoms with van der Waals surface area (Å²) in [5.41, 5.74) is 4.20. The highest BCUT2D eigenvalue weighted by Gasteiger charge is 2.26. The van der Waals surface area contributed by atoms with Crippen LogP contribution in [0, 0.1) is 0 Å². The van der Waals surface area contributed by atoms with E-state index in [-0.39, 0.29) is 11.8 Å². The van der Waals surface area contributed by atoms with Crippen molar-refractivity contribution in [2.75, 3.05) is 20.3 Å². The Labute approximate surface area is 120 Å². The zero-order valence-electron chi connectivity index (χ0n) is 11.2. The van der Waals surface area contributed by atoms with E-state index in [1.807, 2.05) is 5.38 Å². The Bertz CT molecular complexity index is 575. The highest BCUT2D eigenvalue weighted by Crippen LogP contribution is 2.26. The van der Waals surface area contributed by atoms with E-state index >= 15 is 0 Å². The molecule has 3 rings (SSSR count). The Morgan fingerprint density at radius 3 is 3.25 bits per heavy atom. The van der Waals surface area contributed by atoms with Crippen LogP contribution in [0.25, 0.3) is 0 Å². The number of ether oxygens (including phenoxy) is 1. The standard InChI is InChI=1S/C13H16N4O2S/c1-17(5-10-7-20-8-14-10)13(18)11-4-15-16-12(11)9-2-3-19-6-9/h4,7-9H,2-3,5-6H2,1H3,(H,15,16)/t9-/m0/s1. The Balaban J connectivity index is 1.75. The number of amides is 1. The SMILES string of the molecule is CN(Cc1cscn1)C(=O)c1cn[nH]c1[C@H]1CCOC1. The highest BCUT2D eigenvalue weighted by molar-refractivity contribution is 7.07. The van der Waals surface area contributed by atoms with Crippen LogP contribution in [0.4, 0.5) is 0 Å². The summed E-state index contributed by atoms with van der Waals surface area (Å²) >= 11 is 1.53. The van der Waals surface area contributed by atoms with Gasteiger partial charge in [-0.25, -0.2) is 4.98 Å². The predicted molar refractivity (Wildman–Crippen MR) is 74.7 cm³/mol. The Kier molecular flexibility index (Phi) is 3.79. The molecular formula is C13H16N4O2S. The number of aromatic amines is 1. The van der Waals surface area contributed by atoms with Crippen molar-refractivity contribution in [3.63, 3.8) is 0 Å². The van der Waals surface area contributed by atoms with Crippen LogP contribution in [0.15, 0.2) is 17.1 Å². The predicted octanol–water partition coefficient (Wildman–Crippen LogP) is 1.64. The van der Waals surface area contributed by atoms with Crippen molar-refractivity contribution in [1.82, 2.24) is 20.1 Å². The first-order valence-electron chi connectivity index (χ1n) is 6.49. The smallest absolute Gasteiger partial charge is 0.257 e. The van der Waals surface area contributed by atoms with Crippen molar-refractivity contribution in [3.8, 4) is 0 Å². The molecule has 2 aromatic rings. The summed E-state index contributed by atoms with van der Waals surface area (Å²) in [6.07, 6.45) is 2.53. The second kappa shape index (κ2) is 5.72. The number of hydrogen-bond donors (Lipinski definition) is 1. The molecule has 1 aliphatic heterocycles. The molecular weight excluding hydrogens is 276 g/mol. The van der Waals surface area contributed by atoms with Gasteiger partial charge in [0, 0.05) is 25.0 Å². The van der Waals surface area contributed by atoms with Gasteiger partial charge in [-0.2, -0.15) is 5.10 Å². The topological polar surface area (TPSA) is 71.1 Å². The number of H-pyrrole nitrogens is 1. The van der Waals surface area contributed by atoms with Gasteiger partial charge < -0.3 is 9.64 Å². The van der Waals surface area contributed by atoms with Crippen LogP contribution in [0.5, 0.6) is 0 Å². The molecule has 1 N–H and O–H groups in total. The molecule has 7 heteroatoms. The fourth-order valence-corrected chi connectivity index (χ4v) is 2.93. The van der Waals surface area contributed by atoms with Crippen molar-refractivity contribution < 1.29 is 9.53 Å². The third kappa shape index (κ3) is 2.59. The van der Waals surface area contributed by atoms with E-state index in [0.29, 0.717) is 18.7 Å². The quantitative estimate of drug-likeness (QED) is 0.930. The van der Waals surface area contributed by atoms with E-state index in [1.165, 1.54) is 11.3 Å². The molecule has 106 valence electrons. The number of aromatic nitrogens is 3. The van der Waals surface area contributed by atoms with Gasteiger partial charge >= 0.3 is 0 Å². The molecule has 20 heavy (non-hydrogen) atoms. The third-order valence-electron chi connectivity index (χ3n) is 3.47. The zero-order valence-corrected chi connectivity index (χ0v) is 12.0. The summed E-state index contributed by atoms with van der Waals surface area (Å²) in [6, 6.07) is 0. The second-order valence-corrected chi connectivity index (χ2v) is 5.62. The number of carbonyl (C=O) groups is 1. The number of carbonyl (C=O) groups excluding carboxylic acids is 1. The monoisotopic (exact) mass is 292 g/mol. The fourth-order valence-electron chi connectivity index (χ4n) is 2.38. The van der Waals surface area contributed by atoms with Crippen molar-refractivity contribution in [2.45, 2.75) is 18.9 Å². The average Bonchev–Trinajstić information content (AvgIpc) is 3.18. The summed E-state index contributed by atoms with van der Waals surface area (Å²) < 4.78 is 5.38. The van der Waals surface area contributed by atoms with E-state index < -0.39 is 0 Å². The molecule has 0 bridgehead atoms. The number of nitrogens with one attached hydrogen (secondary N) is 1. The van der Waals surface area contributed by atoms with Crippen LogP contribution in [-0.2, 0) is 11.3 Å². The van der Waals surface area contributed by atoms with Crippen LogP contribution < -0.4 is 0 Å².